The van der Waals surface area contributed by atoms with Crippen molar-refractivity contribution in [3.8, 4) is 0 Å². The van der Waals surface area contributed by atoms with Crippen molar-refractivity contribution < 1.29 is 19.1 Å². The molecule has 214 valence electrons. The van der Waals surface area contributed by atoms with E-state index >= 15 is 0 Å². The molecule has 1 aliphatic rings. The van der Waals surface area contributed by atoms with Crippen molar-refractivity contribution in [1.82, 2.24) is 24.9 Å². The highest BCUT2D eigenvalue weighted by Gasteiger charge is 2.27. The molecule has 2 amide bonds. The first kappa shape index (κ1) is 28.5. The number of carbonyl (C=O) groups is 3. The number of amides is 2. The van der Waals surface area contributed by atoms with Crippen LogP contribution in [-0.2, 0) is 16.8 Å². The second kappa shape index (κ2) is 11.8. The van der Waals surface area contributed by atoms with Gasteiger partial charge in [-0.2, -0.15) is 4.68 Å². The molecule has 3 heterocycles. The van der Waals surface area contributed by atoms with Crippen LogP contribution in [0.25, 0.3) is 10.2 Å². The summed E-state index contributed by atoms with van der Waals surface area (Å²) in [4.78, 5) is 44.4. The Morgan fingerprint density at radius 3 is 2.32 bits per heavy atom. The van der Waals surface area contributed by atoms with E-state index in [1.165, 1.54) is 7.11 Å². The molecule has 0 bridgehead atoms. The van der Waals surface area contributed by atoms with Crippen molar-refractivity contribution in [3.63, 3.8) is 0 Å². The zero-order chi connectivity index (χ0) is 29.1. The van der Waals surface area contributed by atoms with Crippen LogP contribution in [0.1, 0.15) is 45.0 Å². The highest BCUT2D eigenvalue weighted by atomic mass is 32.1. The molecule has 1 fully saturated rings. The molecular formula is C30H34N6O4S. The Bertz CT molecular complexity index is 1550. The Labute approximate surface area is 242 Å². The summed E-state index contributed by atoms with van der Waals surface area (Å²) in [5, 5.41) is 10.6. The van der Waals surface area contributed by atoms with Gasteiger partial charge in [-0.05, 0) is 50.2 Å². The number of hydrogen-bond donors (Lipinski definition) is 2. The van der Waals surface area contributed by atoms with Gasteiger partial charge in [0, 0.05) is 38.3 Å². The predicted molar refractivity (Wildman–Crippen MR) is 160 cm³/mol. The number of carbonyl (C=O) groups excluding carboxylic acids is 3. The normalized spacial score (nSPS) is 14.6. The van der Waals surface area contributed by atoms with E-state index in [1.807, 2.05) is 56.3 Å². The molecule has 1 saturated heterocycles. The van der Waals surface area contributed by atoms with Crippen molar-refractivity contribution in [2.45, 2.75) is 25.9 Å². The fourth-order valence-corrected chi connectivity index (χ4v) is 5.80. The van der Waals surface area contributed by atoms with Crippen LogP contribution in [0.15, 0.2) is 60.7 Å². The molecule has 0 atom stereocenters. The molecule has 2 aromatic carbocycles. The largest absolute Gasteiger partial charge is 0.451 e. The van der Waals surface area contributed by atoms with Gasteiger partial charge in [0.2, 0.25) is 0 Å². The van der Waals surface area contributed by atoms with Gasteiger partial charge in [0.05, 0.1) is 22.9 Å². The highest BCUT2D eigenvalue weighted by molar-refractivity contribution is 7.20. The van der Waals surface area contributed by atoms with Crippen molar-refractivity contribution >= 4 is 45.3 Å². The minimum Gasteiger partial charge on any atom is -0.451 e. The SMILES string of the molecule is COC(=O)n1nc(NC(=O)c2ccc(CN3CCN(C)CC3)cc2)c2cc(C(=O)NC(C)(C)c3ccccc3)sc21. The predicted octanol–water partition coefficient (Wildman–Crippen LogP) is 4.38. The molecule has 0 aliphatic carbocycles. The summed E-state index contributed by atoms with van der Waals surface area (Å²) >= 11 is 1.10. The van der Waals surface area contributed by atoms with Crippen molar-refractivity contribution in [2.75, 3.05) is 45.7 Å². The number of rotatable bonds is 7. The molecule has 2 N–H and O–H groups in total. The average molecular weight is 575 g/mol. The molecule has 4 aromatic rings. The number of anilines is 1. The van der Waals surface area contributed by atoms with Crippen LogP contribution in [0.3, 0.4) is 0 Å². The van der Waals surface area contributed by atoms with Crippen LogP contribution in [0.2, 0.25) is 0 Å². The van der Waals surface area contributed by atoms with E-state index in [1.54, 1.807) is 18.2 Å². The average Bonchev–Trinajstić information content (AvgIpc) is 3.55. The molecular weight excluding hydrogens is 540 g/mol. The van der Waals surface area contributed by atoms with E-state index in [9.17, 15) is 14.4 Å². The third-order valence-corrected chi connectivity index (χ3v) is 8.41. The van der Waals surface area contributed by atoms with E-state index in [0.717, 1.165) is 59.9 Å². The maximum atomic E-state index is 13.3. The third-order valence-electron chi connectivity index (χ3n) is 7.30. The van der Waals surface area contributed by atoms with Crippen LogP contribution in [0.4, 0.5) is 10.6 Å². The molecule has 0 spiro atoms. The Morgan fingerprint density at radius 2 is 1.66 bits per heavy atom. The lowest BCUT2D eigenvalue weighted by molar-refractivity contribution is 0.0915. The number of methoxy groups -OCH3 is 1. The number of fused-ring (bicyclic) bond motifs is 1. The van der Waals surface area contributed by atoms with Crippen molar-refractivity contribution in [2.24, 2.45) is 0 Å². The first-order valence-corrected chi connectivity index (χ1v) is 14.3. The minimum absolute atomic E-state index is 0.175. The minimum atomic E-state index is -0.720. The quantitative estimate of drug-likeness (QED) is 0.337. The maximum absolute atomic E-state index is 13.3. The van der Waals surface area contributed by atoms with Crippen LogP contribution in [0, 0.1) is 0 Å². The topological polar surface area (TPSA) is 109 Å². The van der Waals surface area contributed by atoms with Crippen LogP contribution < -0.4 is 10.6 Å². The highest BCUT2D eigenvalue weighted by Crippen LogP contribution is 2.33. The van der Waals surface area contributed by atoms with E-state index in [0.29, 0.717) is 20.7 Å². The van der Waals surface area contributed by atoms with Crippen LogP contribution in [-0.4, -0.2) is 77.8 Å². The van der Waals surface area contributed by atoms with E-state index < -0.39 is 11.6 Å². The molecule has 1 aliphatic heterocycles. The lowest BCUT2D eigenvalue weighted by Crippen LogP contribution is -2.43. The Morgan fingerprint density at radius 1 is 0.976 bits per heavy atom. The lowest BCUT2D eigenvalue weighted by Gasteiger charge is -2.32. The van der Waals surface area contributed by atoms with Gasteiger partial charge in [-0.25, -0.2) is 4.79 Å². The number of thiophene rings is 1. The summed E-state index contributed by atoms with van der Waals surface area (Å²) in [6, 6.07) is 18.8. The Balaban J connectivity index is 1.34. The summed E-state index contributed by atoms with van der Waals surface area (Å²) in [6.45, 7) is 8.80. The number of hydrogen-bond acceptors (Lipinski definition) is 8. The second-order valence-electron chi connectivity index (χ2n) is 10.7. The standard InChI is InChI=1S/C30H34N6O4S/c1-30(2,22-8-6-5-7-9-22)32-27(38)24-18-23-25(33-36(28(23)41-24)29(39)40-4)31-26(37)21-12-10-20(11-13-21)19-35-16-14-34(3)15-17-35/h5-13,18H,14-17,19H2,1-4H3,(H,32,38)(H,31,33,37). The van der Waals surface area contributed by atoms with E-state index in [2.05, 4.69) is 32.6 Å². The van der Waals surface area contributed by atoms with Gasteiger partial charge < -0.3 is 20.3 Å². The van der Waals surface area contributed by atoms with Crippen LogP contribution >= 0.6 is 11.3 Å². The number of likely N-dealkylation sites (N-methyl/N-ethyl adjacent to an activating group) is 1. The van der Waals surface area contributed by atoms with E-state index in [-0.39, 0.29) is 17.6 Å². The zero-order valence-corrected chi connectivity index (χ0v) is 24.5. The third kappa shape index (κ3) is 6.32. The van der Waals surface area contributed by atoms with Gasteiger partial charge in [-0.15, -0.1) is 16.4 Å². The molecule has 5 rings (SSSR count). The van der Waals surface area contributed by atoms with Gasteiger partial charge in [-0.3, -0.25) is 14.5 Å². The second-order valence-corrected chi connectivity index (χ2v) is 11.8. The number of nitrogens with one attached hydrogen (secondary N) is 2. The molecule has 41 heavy (non-hydrogen) atoms. The molecule has 2 aromatic heterocycles. The van der Waals surface area contributed by atoms with E-state index in [4.69, 9.17) is 4.74 Å². The van der Waals surface area contributed by atoms with Crippen molar-refractivity contribution in [1.29, 1.82) is 0 Å². The zero-order valence-electron chi connectivity index (χ0n) is 23.6. The van der Waals surface area contributed by atoms with Crippen molar-refractivity contribution in [3.05, 3.63) is 82.2 Å². The fourth-order valence-electron chi connectivity index (χ4n) is 4.80. The summed E-state index contributed by atoms with van der Waals surface area (Å²) in [5.41, 5.74) is 1.93. The number of benzene rings is 2. The lowest BCUT2D eigenvalue weighted by atomic mass is 9.94. The molecule has 0 unspecified atom stereocenters. The summed E-state index contributed by atoms with van der Waals surface area (Å²) in [6.07, 6.45) is -0.720. The van der Waals surface area contributed by atoms with Gasteiger partial charge in [0.1, 0.15) is 4.83 Å². The molecule has 11 heteroatoms. The van der Waals surface area contributed by atoms with Crippen LogP contribution in [0.5, 0.6) is 0 Å². The molecule has 10 nitrogen and oxygen atoms in total. The monoisotopic (exact) mass is 574 g/mol. The summed E-state index contributed by atoms with van der Waals surface area (Å²) < 4.78 is 5.95. The van der Waals surface area contributed by atoms with Gasteiger partial charge in [0.15, 0.2) is 5.82 Å². The fraction of sp³-hybridized carbons (Fsp3) is 0.333. The summed E-state index contributed by atoms with van der Waals surface area (Å²) in [7, 11) is 3.38. The number of nitrogens with zero attached hydrogens (tertiary/aromatic N) is 4. The Hall–Kier alpha value is -4.06. The molecule has 0 saturated carbocycles. The van der Waals surface area contributed by atoms with Gasteiger partial charge in [0.25, 0.3) is 11.8 Å². The number of piperazine rings is 1. The van der Waals surface area contributed by atoms with Gasteiger partial charge in [-0.1, -0.05) is 42.5 Å². The summed E-state index contributed by atoms with van der Waals surface area (Å²) in [5.74, 6) is -0.491. The Kier molecular flexibility index (Phi) is 8.20. The first-order chi connectivity index (χ1) is 19.6. The maximum Gasteiger partial charge on any atom is 0.435 e. The molecule has 0 radical (unpaired) electrons. The number of aromatic nitrogens is 2. The first-order valence-electron chi connectivity index (χ1n) is 13.4. The number of ether oxygens (including phenoxy) is 1. The smallest absolute Gasteiger partial charge is 0.435 e. The van der Waals surface area contributed by atoms with Gasteiger partial charge >= 0.3 is 6.09 Å².